The number of hydrogen-bond acceptors (Lipinski definition) is 3. The zero-order chi connectivity index (χ0) is 27.6. The van der Waals surface area contributed by atoms with Gasteiger partial charge in [0.15, 0.2) is 0 Å². The largest absolute Gasteiger partial charge is 0.135 e. The molecule has 9 aromatic rings. The lowest BCUT2D eigenvalue weighted by Gasteiger charge is -2.38. The van der Waals surface area contributed by atoms with Crippen LogP contribution in [0.25, 0.3) is 71.6 Å². The highest BCUT2D eigenvalue weighted by atomic mass is 32.1. The third-order valence-corrected chi connectivity index (χ3v) is 13.1. The first-order chi connectivity index (χ1) is 20.7. The third kappa shape index (κ3) is 3.01. The van der Waals surface area contributed by atoms with Crippen LogP contribution in [-0.4, -0.2) is 0 Å². The van der Waals surface area contributed by atoms with Crippen molar-refractivity contribution in [3.8, 4) is 11.1 Å². The summed E-state index contributed by atoms with van der Waals surface area (Å²) in [7, 11) is 0. The predicted molar refractivity (Wildman–Crippen MR) is 187 cm³/mol. The molecule has 198 valence electrons. The molecule has 3 aromatic heterocycles. The van der Waals surface area contributed by atoms with E-state index in [4.69, 9.17) is 0 Å². The molecule has 0 spiro atoms. The Bertz CT molecular complexity index is 2570. The molecule has 0 saturated heterocycles. The summed E-state index contributed by atoms with van der Waals surface area (Å²) in [6, 6.07) is 43.6. The smallest absolute Gasteiger partial charge is 0.0437 e. The van der Waals surface area contributed by atoms with Crippen molar-refractivity contribution in [2.24, 2.45) is 0 Å². The molecule has 1 atom stereocenters. The molecular weight excluding hydrogens is 565 g/mol. The fraction of sp³-hybridized carbons (Fsp3) is 0.0769. The molecule has 0 aliphatic heterocycles. The summed E-state index contributed by atoms with van der Waals surface area (Å²) < 4.78 is 8.34. The number of benzene rings is 6. The average molecular weight is 589 g/mol. The minimum atomic E-state index is -0.155. The summed E-state index contributed by atoms with van der Waals surface area (Å²) in [6.07, 6.45) is 0.989. The van der Waals surface area contributed by atoms with E-state index in [-0.39, 0.29) is 5.41 Å². The normalized spacial score (nSPS) is 16.7. The van der Waals surface area contributed by atoms with Crippen LogP contribution in [0.1, 0.15) is 23.6 Å². The van der Waals surface area contributed by atoms with Gasteiger partial charge in [-0.15, -0.1) is 34.0 Å². The van der Waals surface area contributed by atoms with Crippen LogP contribution in [0.15, 0.2) is 115 Å². The Labute approximate surface area is 255 Å². The van der Waals surface area contributed by atoms with Crippen molar-refractivity contribution < 1.29 is 0 Å². The lowest BCUT2D eigenvalue weighted by molar-refractivity contribution is 0.568. The second kappa shape index (κ2) is 8.29. The molecular formula is C39H24S3. The molecule has 0 saturated carbocycles. The third-order valence-electron chi connectivity index (χ3n) is 9.56. The first-order valence-corrected chi connectivity index (χ1v) is 16.9. The van der Waals surface area contributed by atoms with E-state index in [1.54, 1.807) is 0 Å². The summed E-state index contributed by atoms with van der Waals surface area (Å²) >= 11 is 5.84. The fourth-order valence-corrected chi connectivity index (χ4v) is 11.4. The van der Waals surface area contributed by atoms with Gasteiger partial charge in [-0.1, -0.05) is 91.9 Å². The van der Waals surface area contributed by atoms with Gasteiger partial charge in [0.1, 0.15) is 0 Å². The lowest BCUT2D eigenvalue weighted by Crippen LogP contribution is -2.30. The first kappa shape index (κ1) is 23.5. The van der Waals surface area contributed by atoms with Crippen molar-refractivity contribution in [3.63, 3.8) is 0 Å². The van der Waals surface area contributed by atoms with Crippen molar-refractivity contribution in [2.45, 2.75) is 18.8 Å². The molecule has 0 fully saturated rings. The van der Waals surface area contributed by atoms with E-state index in [1.165, 1.54) is 88.3 Å². The van der Waals surface area contributed by atoms with Crippen molar-refractivity contribution in [1.29, 1.82) is 0 Å². The van der Waals surface area contributed by atoms with Crippen molar-refractivity contribution >= 4 is 94.5 Å². The Hall–Kier alpha value is -4.02. The average Bonchev–Trinajstić information content (AvgIpc) is 3.71. The molecule has 0 radical (unpaired) electrons. The Balaban J connectivity index is 1.35. The topological polar surface area (TPSA) is 0 Å². The molecule has 0 nitrogen and oxygen atoms in total. The van der Waals surface area contributed by atoms with Crippen LogP contribution in [-0.2, 0) is 11.8 Å². The lowest BCUT2D eigenvalue weighted by atomic mass is 9.65. The van der Waals surface area contributed by atoms with Crippen LogP contribution in [0.3, 0.4) is 0 Å². The van der Waals surface area contributed by atoms with Gasteiger partial charge in [-0.25, -0.2) is 0 Å². The predicted octanol–water partition coefficient (Wildman–Crippen LogP) is 12.3. The van der Waals surface area contributed by atoms with Crippen molar-refractivity contribution in [2.75, 3.05) is 0 Å². The zero-order valence-electron chi connectivity index (χ0n) is 22.9. The minimum absolute atomic E-state index is 0.155. The van der Waals surface area contributed by atoms with Gasteiger partial charge in [-0.05, 0) is 59.0 Å². The molecule has 3 heteroatoms. The van der Waals surface area contributed by atoms with E-state index in [9.17, 15) is 0 Å². The van der Waals surface area contributed by atoms with Gasteiger partial charge in [-0.2, -0.15) is 0 Å². The van der Waals surface area contributed by atoms with Crippen LogP contribution in [0.4, 0.5) is 0 Å². The Morgan fingerprint density at radius 1 is 0.476 bits per heavy atom. The molecule has 1 aliphatic rings. The summed E-state index contributed by atoms with van der Waals surface area (Å²) in [4.78, 5) is 0. The van der Waals surface area contributed by atoms with Gasteiger partial charge in [0, 0.05) is 71.5 Å². The second-order valence-electron chi connectivity index (χ2n) is 11.9. The van der Waals surface area contributed by atoms with Crippen LogP contribution in [0.2, 0.25) is 0 Å². The Morgan fingerprint density at radius 2 is 1.07 bits per heavy atom. The summed E-state index contributed by atoms with van der Waals surface area (Å²) in [6.45, 7) is 2.50. The molecule has 42 heavy (non-hydrogen) atoms. The van der Waals surface area contributed by atoms with Crippen LogP contribution >= 0.6 is 34.0 Å². The number of fused-ring (bicyclic) bond motifs is 13. The van der Waals surface area contributed by atoms with Crippen molar-refractivity contribution in [3.05, 3.63) is 132 Å². The molecule has 0 amide bonds. The molecule has 0 bridgehead atoms. The quantitative estimate of drug-likeness (QED) is 0.179. The molecule has 3 heterocycles. The SMILES string of the molecule is CC1(c2cccc3c2sc2ccccc23)Cc2cc3sc4ccccc4c3cc2-c2c1ccc1c2sc2ccccc21. The van der Waals surface area contributed by atoms with Gasteiger partial charge in [0.2, 0.25) is 0 Å². The molecule has 1 unspecified atom stereocenters. The van der Waals surface area contributed by atoms with Gasteiger partial charge in [0.05, 0.1) is 0 Å². The van der Waals surface area contributed by atoms with Crippen LogP contribution in [0.5, 0.6) is 0 Å². The highest BCUT2D eigenvalue weighted by Gasteiger charge is 2.39. The van der Waals surface area contributed by atoms with Gasteiger partial charge in [-0.3, -0.25) is 0 Å². The summed E-state index contributed by atoms with van der Waals surface area (Å²) in [5.41, 5.74) is 7.07. The van der Waals surface area contributed by atoms with E-state index in [1.807, 2.05) is 34.0 Å². The zero-order valence-corrected chi connectivity index (χ0v) is 25.4. The maximum atomic E-state index is 2.52. The fourth-order valence-electron chi connectivity index (χ4n) is 7.61. The van der Waals surface area contributed by atoms with Gasteiger partial charge in [0.25, 0.3) is 0 Å². The van der Waals surface area contributed by atoms with E-state index >= 15 is 0 Å². The summed E-state index contributed by atoms with van der Waals surface area (Å²) in [5, 5.41) is 8.24. The molecule has 0 N–H and O–H groups in total. The number of rotatable bonds is 1. The first-order valence-electron chi connectivity index (χ1n) is 14.5. The molecule has 6 aromatic carbocycles. The monoisotopic (exact) mass is 588 g/mol. The standard InChI is InChI=1S/C39H24S3/c1-39(31-13-8-12-26-23-9-2-6-15-33(23)41-37(26)31)21-22-19-35-29(25-11-4-5-14-32(25)40-35)20-28(22)36-30(39)18-17-27-24-10-3-7-16-34(24)42-38(27)36/h2-20H,21H2,1H3. The van der Waals surface area contributed by atoms with E-state index in [2.05, 4.69) is 122 Å². The maximum Gasteiger partial charge on any atom is 0.0437 e. The van der Waals surface area contributed by atoms with Gasteiger partial charge >= 0.3 is 0 Å². The maximum absolute atomic E-state index is 2.52. The summed E-state index contributed by atoms with van der Waals surface area (Å²) in [5.74, 6) is 0. The van der Waals surface area contributed by atoms with Crippen LogP contribution in [0, 0.1) is 0 Å². The highest BCUT2D eigenvalue weighted by Crippen LogP contribution is 2.55. The van der Waals surface area contributed by atoms with E-state index in [0.717, 1.165) is 6.42 Å². The van der Waals surface area contributed by atoms with Crippen LogP contribution < -0.4 is 0 Å². The number of hydrogen-bond donors (Lipinski definition) is 0. The molecule has 10 rings (SSSR count). The van der Waals surface area contributed by atoms with Gasteiger partial charge < -0.3 is 0 Å². The van der Waals surface area contributed by atoms with Crippen molar-refractivity contribution in [1.82, 2.24) is 0 Å². The second-order valence-corrected chi connectivity index (χ2v) is 15.0. The molecule has 1 aliphatic carbocycles. The highest BCUT2D eigenvalue weighted by molar-refractivity contribution is 7.27. The van der Waals surface area contributed by atoms with E-state index < -0.39 is 0 Å². The Morgan fingerprint density at radius 3 is 1.81 bits per heavy atom. The number of thiophene rings is 3. The Kier molecular flexibility index (Phi) is 4.65. The minimum Gasteiger partial charge on any atom is -0.135 e. The van der Waals surface area contributed by atoms with E-state index in [0.29, 0.717) is 0 Å².